The summed E-state index contributed by atoms with van der Waals surface area (Å²) in [7, 11) is 0. The van der Waals surface area contributed by atoms with Crippen LogP contribution in [0.5, 0.6) is 0 Å². The van der Waals surface area contributed by atoms with Gasteiger partial charge in [-0.3, -0.25) is 0 Å². The monoisotopic (exact) mass is 291 g/mol. The van der Waals surface area contributed by atoms with Crippen LogP contribution in [0.1, 0.15) is 38.8 Å². The lowest BCUT2D eigenvalue weighted by atomic mass is 10.0. The number of hydrogen-bond donors (Lipinski definition) is 2. The summed E-state index contributed by atoms with van der Waals surface area (Å²) in [5, 5.41) is 1.59. The van der Waals surface area contributed by atoms with Crippen molar-refractivity contribution in [1.82, 2.24) is 0 Å². The largest absolute Gasteiger partial charge is 0.457 e. The van der Waals surface area contributed by atoms with Crippen LogP contribution < -0.4 is 16.6 Å². The maximum atomic E-state index is 11.7. The summed E-state index contributed by atoms with van der Waals surface area (Å²) in [5.41, 5.74) is 8.75. The number of hydrogen-bond acceptors (Lipinski definition) is 5. The molecule has 0 saturated carbocycles. The lowest BCUT2D eigenvalue weighted by Gasteiger charge is -2.20. The zero-order valence-electron chi connectivity index (χ0n) is 13.4. The number of rotatable bonds is 4. The molecule has 0 saturated heterocycles. The minimum absolute atomic E-state index is 0.376. The highest BCUT2D eigenvalue weighted by molar-refractivity contribution is 5.88. The second-order valence-electron chi connectivity index (χ2n) is 5.87. The average molecular weight is 291 g/mol. The van der Waals surface area contributed by atoms with Crippen LogP contribution in [0, 0.1) is 6.92 Å². The Bertz CT molecular complexity index is 545. The van der Waals surface area contributed by atoms with Crippen LogP contribution in [-0.2, 0) is 9.53 Å². The molecule has 0 heterocycles. The molecule has 0 fully saturated rings. The fourth-order valence-electron chi connectivity index (χ4n) is 1.83. The molecular weight excluding hydrogens is 266 g/mol. The third-order valence-corrected chi connectivity index (χ3v) is 2.99. The van der Waals surface area contributed by atoms with Gasteiger partial charge in [-0.25, -0.2) is 10.6 Å². The van der Waals surface area contributed by atoms with Crippen LogP contribution in [0.15, 0.2) is 18.2 Å². The van der Waals surface area contributed by atoms with Gasteiger partial charge in [0.25, 0.3) is 0 Å². The van der Waals surface area contributed by atoms with Gasteiger partial charge in [-0.1, -0.05) is 6.07 Å². The highest BCUT2D eigenvalue weighted by Gasteiger charge is 2.14. The van der Waals surface area contributed by atoms with Crippen molar-refractivity contribution in [2.45, 2.75) is 40.2 Å². The van der Waals surface area contributed by atoms with E-state index in [9.17, 15) is 4.79 Å². The first-order valence-electron chi connectivity index (χ1n) is 6.98. The Hall–Kier alpha value is -2.01. The Morgan fingerprint density at radius 1 is 1.38 bits per heavy atom. The minimum atomic E-state index is -0.499. The quantitative estimate of drug-likeness (QED) is 0.293. The summed E-state index contributed by atoms with van der Waals surface area (Å²) in [6.45, 7) is 10.0. The van der Waals surface area contributed by atoms with Gasteiger partial charge in [-0.05, 0) is 57.9 Å². The molecule has 0 atom stereocenters. The number of nitrogens with zero attached hydrogens (tertiary/aromatic N) is 1. The maximum absolute atomic E-state index is 11.7. The zero-order valence-corrected chi connectivity index (χ0v) is 13.4. The van der Waals surface area contributed by atoms with Crippen LogP contribution in [0.2, 0.25) is 0 Å². The van der Waals surface area contributed by atoms with E-state index in [0.29, 0.717) is 12.2 Å². The molecule has 21 heavy (non-hydrogen) atoms. The van der Waals surface area contributed by atoms with Crippen molar-refractivity contribution < 1.29 is 9.53 Å². The van der Waals surface area contributed by atoms with Crippen LogP contribution in [-0.4, -0.2) is 18.1 Å². The second-order valence-corrected chi connectivity index (χ2v) is 5.87. The SMILES string of the molecule is CCN(N)c1ccc(/C=C/C(=O)OC(C)(C)C)c(C)c1N. The van der Waals surface area contributed by atoms with Crippen molar-refractivity contribution in [2.24, 2.45) is 5.84 Å². The number of carbonyl (C=O) groups excluding carboxylic acids is 1. The molecule has 0 aliphatic rings. The molecule has 116 valence electrons. The third kappa shape index (κ3) is 4.79. The van der Waals surface area contributed by atoms with Crippen molar-refractivity contribution in [3.8, 4) is 0 Å². The van der Waals surface area contributed by atoms with Crippen LogP contribution in [0.3, 0.4) is 0 Å². The first-order chi connectivity index (χ1) is 9.65. The van der Waals surface area contributed by atoms with Gasteiger partial charge in [0.15, 0.2) is 0 Å². The van der Waals surface area contributed by atoms with Crippen LogP contribution >= 0.6 is 0 Å². The molecule has 0 aromatic heterocycles. The predicted octanol–water partition coefficient (Wildman–Crippen LogP) is 2.63. The van der Waals surface area contributed by atoms with Crippen molar-refractivity contribution in [1.29, 1.82) is 0 Å². The standard InChI is InChI=1S/C16H25N3O2/c1-6-19(18)13-9-7-12(11(2)15(13)17)8-10-14(20)21-16(3,4)5/h7-10H,6,17-18H2,1-5H3/b10-8+. The van der Waals surface area contributed by atoms with Crippen LogP contribution in [0.25, 0.3) is 6.08 Å². The summed E-state index contributed by atoms with van der Waals surface area (Å²) in [5.74, 6) is 5.49. The van der Waals surface area contributed by atoms with E-state index in [2.05, 4.69) is 0 Å². The molecule has 5 nitrogen and oxygen atoms in total. The van der Waals surface area contributed by atoms with E-state index in [0.717, 1.165) is 16.8 Å². The number of anilines is 2. The van der Waals surface area contributed by atoms with Gasteiger partial charge in [0, 0.05) is 12.6 Å². The highest BCUT2D eigenvalue weighted by Crippen LogP contribution is 2.28. The molecule has 1 aromatic rings. The number of nitrogen functional groups attached to an aromatic ring is 1. The molecule has 1 aromatic carbocycles. The summed E-state index contributed by atoms with van der Waals surface area (Å²) in [6.07, 6.45) is 3.11. The van der Waals surface area contributed by atoms with Crippen molar-refractivity contribution >= 4 is 23.4 Å². The predicted molar refractivity (Wildman–Crippen MR) is 87.7 cm³/mol. The molecule has 1 rings (SSSR count). The van der Waals surface area contributed by atoms with Crippen molar-refractivity contribution in [2.75, 3.05) is 17.3 Å². The number of hydrazine groups is 1. The first-order valence-corrected chi connectivity index (χ1v) is 6.98. The molecule has 5 heteroatoms. The number of benzene rings is 1. The highest BCUT2D eigenvalue weighted by atomic mass is 16.6. The third-order valence-electron chi connectivity index (χ3n) is 2.99. The number of carbonyl (C=O) groups is 1. The van der Waals surface area contributed by atoms with Gasteiger partial charge in [-0.2, -0.15) is 0 Å². The molecule has 0 radical (unpaired) electrons. The van der Waals surface area contributed by atoms with E-state index in [1.807, 2.05) is 46.8 Å². The number of ether oxygens (including phenoxy) is 1. The van der Waals surface area contributed by atoms with Gasteiger partial charge in [0.1, 0.15) is 5.60 Å². The molecule has 0 unspecified atom stereocenters. The Morgan fingerprint density at radius 2 is 2.00 bits per heavy atom. The Labute approximate surface area is 126 Å². The lowest BCUT2D eigenvalue weighted by Crippen LogP contribution is -2.31. The summed E-state index contributed by atoms with van der Waals surface area (Å²) < 4.78 is 5.22. The number of esters is 1. The van der Waals surface area contributed by atoms with E-state index >= 15 is 0 Å². The smallest absolute Gasteiger partial charge is 0.331 e. The van der Waals surface area contributed by atoms with Gasteiger partial charge in [0.2, 0.25) is 0 Å². The second kappa shape index (κ2) is 6.63. The fourth-order valence-corrected chi connectivity index (χ4v) is 1.83. The molecule has 0 aliphatic carbocycles. The molecular formula is C16H25N3O2. The first kappa shape index (κ1) is 17.0. The molecule has 0 amide bonds. The average Bonchev–Trinajstić information content (AvgIpc) is 2.37. The Morgan fingerprint density at radius 3 is 2.52 bits per heavy atom. The van der Waals surface area contributed by atoms with Crippen molar-refractivity contribution in [3.63, 3.8) is 0 Å². The van der Waals surface area contributed by atoms with Gasteiger partial charge in [-0.15, -0.1) is 0 Å². The van der Waals surface area contributed by atoms with E-state index < -0.39 is 5.60 Å². The fraction of sp³-hybridized carbons (Fsp3) is 0.438. The minimum Gasteiger partial charge on any atom is -0.457 e. The van der Waals surface area contributed by atoms with Gasteiger partial charge < -0.3 is 15.5 Å². The summed E-state index contributed by atoms with van der Waals surface area (Å²) in [6, 6.07) is 3.73. The Kier molecular flexibility index (Phi) is 5.38. The van der Waals surface area contributed by atoms with E-state index in [1.54, 1.807) is 11.1 Å². The normalized spacial score (nSPS) is 11.7. The Balaban J connectivity index is 2.96. The maximum Gasteiger partial charge on any atom is 0.331 e. The van der Waals surface area contributed by atoms with Crippen molar-refractivity contribution in [3.05, 3.63) is 29.3 Å². The zero-order chi connectivity index (χ0) is 16.2. The topological polar surface area (TPSA) is 81.6 Å². The van der Waals surface area contributed by atoms with Crippen LogP contribution in [0.4, 0.5) is 11.4 Å². The summed E-state index contributed by atoms with van der Waals surface area (Å²) in [4.78, 5) is 11.7. The molecule has 0 aliphatic heterocycles. The van der Waals surface area contributed by atoms with Gasteiger partial charge in [0.05, 0.1) is 11.4 Å². The lowest BCUT2D eigenvalue weighted by molar-refractivity contribution is -0.148. The van der Waals surface area contributed by atoms with E-state index in [1.165, 1.54) is 6.08 Å². The van der Waals surface area contributed by atoms with E-state index in [-0.39, 0.29) is 5.97 Å². The van der Waals surface area contributed by atoms with E-state index in [4.69, 9.17) is 16.3 Å². The molecule has 0 spiro atoms. The summed E-state index contributed by atoms with van der Waals surface area (Å²) >= 11 is 0. The molecule has 4 N–H and O–H groups in total. The number of nitrogens with two attached hydrogens (primary N) is 2. The molecule has 0 bridgehead atoms. The van der Waals surface area contributed by atoms with Gasteiger partial charge >= 0.3 is 5.97 Å².